The molecule has 0 saturated heterocycles. The third-order valence-electron chi connectivity index (χ3n) is 5.05. The largest absolute Gasteiger partial charge is 0.330 e. The topological polar surface area (TPSA) is 53.2 Å². The van der Waals surface area contributed by atoms with Crippen LogP contribution in [0.15, 0.2) is 83.7 Å². The molecule has 0 spiro atoms. The zero-order valence-electron chi connectivity index (χ0n) is 16.6. The molecule has 30 heavy (non-hydrogen) atoms. The van der Waals surface area contributed by atoms with E-state index in [9.17, 15) is 9.59 Å². The summed E-state index contributed by atoms with van der Waals surface area (Å²) in [6.07, 6.45) is 0. The lowest BCUT2D eigenvalue weighted by molar-refractivity contribution is 0.0729. The van der Waals surface area contributed by atoms with E-state index in [0.717, 1.165) is 22.0 Å². The number of rotatable bonds is 5. The number of fused-ring (bicyclic) bond motifs is 1. The molecule has 0 unspecified atom stereocenters. The maximum absolute atomic E-state index is 13.3. The number of H-pyrrole nitrogens is 1. The third-order valence-corrected chi connectivity index (χ3v) is 5.38. The monoisotopic (exact) mass is 416 g/mol. The lowest BCUT2D eigenvalue weighted by atomic mass is 10.1. The maximum Gasteiger partial charge on any atom is 0.255 e. The Hall–Kier alpha value is -3.37. The Morgan fingerprint density at radius 1 is 0.933 bits per heavy atom. The number of amides is 1. The molecule has 0 aliphatic carbocycles. The average Bonchev–Trinajstić information content (AvgIpc) is 2.74. The van der Waals surface area contributed by atoms with Crippen LogP contribution in [-0.4, -0.2) is 15.8 Å². The number of benzene rings is 3. The molecular weight excluding hydrogens is 396 g/mol. The molecular formula is C25H21ClN2O2. The van der Waals surface area contributed by atoms with Crippen LogP contribution in [0.1, 0.15) is 27.0 Å². The SMILES string of the molecule is Cc1ccc2cc(CN(Cc3ccccc3)C(=O)c3ccccc3Cl)c(=O)[nH]c2c1. The minimum Gasteiger partial charge on any atom is -0.330 e. The van der Waals surface area contributed by atoms with E-state index >= 15 is 0 Å². The second-order valence-electron chi connectivity index (χ2n) is 7.34. The van der Waals surface area contributed by atoms with Crippen molar-refractivity contribution in [3.05, 3.63) is 116 Å². The second-order valence-corrected chi connectivity index (χ2v) is 7.75. The van der Waals surface area contributed by atoms with Crippen molar-refractivity contribution in [1.82, 2.24) is 9.88 Å². The Kier molecular flexibility index (Phi) is 5.68. The molecule has 0 atom stereocenters. The first-order valence-corrected chi connectivity index (χ1v) is 10.1. The molecule has 5 heteroatoms. The number of halogens is 1. The van der Waals surface area contributed by atoms with Crippen molar-refractivity contribution in [2.75, 3.05) is 0 Å². The molecule has 0 fully saturated rings. The smallest absolute Gasteiger partial charge is 0.255 e. The number of hydrogen-bond acceptors (Lipinski definition) is 2. The highest BCUT2D eigenvalue weighted by Gasteiger charge is 2.20. The van der Waals surface area contributed by atoms with Gasteiger partial charge in [0.2, 0.25) is 0 Å². The highest BCUT2D eigenvalue weighted by molar-refractivity contribution is 6.33. The van der Waals surface area contributed by atoms with Crippen LogP contribution >= 0.6 is 11.6 Å². The Balaban J connectivity index is 1.72. The van der Waals surface area contributed by atoms with Gasteiger partial charge in [-0.1, -0.05) is 66.2 Å². The molecule has 3 aromatic carbocycles. The predicted molar refractivity (Wildman–Crippen MR) is 121 cm³/mol. The van der Waals surface area contributed by atoms with Gasteiger partial charge in [-0.2, -0.15) is 0 Å². The minimum atomic E-state index is -0.215. The summed E-state index contributed by atoms with van der Waals surface area (Å²) < 4.78 is 0. The van der Waals surface area contributed by atoms with Gasteiger partial charge in [-0.05, 0) is 47.7 Å². The van der Waals surface area contributed by atoms with Crippen molar-refractivity contribution in [3.8, 4) is 0 Å². The first kappa shape index (κ1) is 19.9. The number of carbonyl (C=O) groups is 1. The lowest BCUT2D eigenvalue weighted by Gasteiger charge is -2.23. The van der Waals surface area contributed by atoms with Gasteiger partial charge in [0, 0.05) is 17.6 Å². The lowest BCUT2D eigenvalue weighted by Crippen LogP contribution is -2.32. The van der Waals surface area contributed by atoms with Gasteiger partial charge in [-0.15, -0.1) is 0 Å². The van der Waals surface area contributed by atoms with Gasteiger partial charge in [-0.3, -0.25) is 9.59 Å². The van der Waals surface area contributed by atoms with Gasteiger partial charge in [0.1, 0.15) is 0 Å². The fourth-order valence-electron chi connectivity index (χ4n) is 3.49. The molecule has 1 N–H and O–H groups in total. The van der Waals surface area contributed by atoms with E-state index in [-0.39, 0.29) is 18.0 Å². The van der Waals surface area contributed by atoms with Crippen molar-refractivity contribution >= 4 is 28.4 Å². The van der Waals surface area contributed by atoms with Crippen molar-refractivity contribution in [2.45, 2.75) is 20.0 Å². The molecule has 0 bridgehead atoms. The molecule has 0 aliphatic rings. The van der Waals surface area contributed by atoms with Gasteiger partial charge in [0.15, 0.2) is 0 Å². The van der Waals surface area contributed by atoms with Gasteiger partial charge < -0.3 is 9.88 Å². The van der Waals surface area contributed by atoms with Crippen LogP contribution in [0.2, 0.25) is 5.02 Å². The number of aromatic nitrogens is 1. The summed E-state index contributed by atoms with van der Waals surface area (Å²) >= 11 is 6.28. The Morgan fingerprint density at radius 3 is 2.43 bits per heavy atom. The van der Waals surface area contributed by atoms with Gasteiger partial charge >= 0.3 is 0 Å². The van der Waals surface area contributed by atoms with E-state index < -0.39 is 0 Å². The zero-order chi connectivity index (χ0) is 21.1. The molecule has 0 aliphatic heterocycles. The van der Waals surface area contributed by atoms with Crippen LogP contribution in [0.3, 0.4) is 0 Å². The van der Waals surface area contributed by atoms with Crippen LogP contribution in [0.5, 0.6) is 0 Å². The van der Waals surface area contributed by atoms with Crippen molar-refractivity contribution in [3.63, 3.8) is 0 Å². The standard InChI is InChI=1S/C25H21ClN2O2/c1-17-11-12-19-14-20(24(29)27-23(19)13-17)16-28(15-18-7-3-2-4-8-18)25(30)21-9-5-6-10-22(21)26/h2-14H,15-16H2,1H3,(H,27,29). The van der Waals surface area contributed by atoms with E-state index in [2.05, 4.69) is 4.98 Å². The second kappa shape index (κ2) is 8.56. The molecule has 1 aromatic heterocycles. The Bertz CT molecular complexity index is 1270. The van der Waals surface area contributed by atoms with E-state index in [1.807, 2.05) is 61.5 Å². The summed E-state index contributed by atoms with van der Waals surface area (Å²) in [5, 5.41) is 1.32. The fourth-order valence-corrected chi connectivity index (χ4v) is 3.71. The van der Waals surface area contributed by atoms with Gasteiger partial charge in [0.05, 0.1) is 17.1 Å². The van der Waals surface area contributed by atoms with Crippen molar-refractivity contribution in [2.24, 2.45) is 0 Å². The number of aromatic amines is 1. The van der Waals surface area contributed by atoms with Crippen LogP contribution in [0.4, 0.5) is 0 Å². The van der Waals surface area contributed by atoms with Crippen molar-refractivity contribution < 1.29 is 4.79 Å². The quantitative estimate of drug-likeness (QED) is 0.478. The normalized spacial score (nSPS) is 10.9. The molecule has 4 nitrogen and oxygen atoms in total. The molecule has 1 amide bonds. The van der Waals surface area contributed by atoms with Gasteiger partial charge in [0.25, 0.3) is 11.5 Å². The van der Waals surface area contributed by atoms with Crippen LogP contribution in [0, 0.1) is 6.92 Å². The first-order chi connectivity index (χ1) is 14.5. The number of pyridine rings is 1. The summed E-state index contributed by atoms with van der Waals surface area (Å²) in [5.74, 6) is -0.215. The third kappa shape index (κ3) is 4.29. The maximum atomic E-state index is 13.3. The zero-order valence-corrected chi connectivity index (χ0v) is 17.3. The summed E-state index contributed by atoms with van der Waals surface area (Å²) in [6, 6.07) is 24.4. The average molecular weight is 417 g/mol. The molecule has 0 saturated carbocycles. The van der Waals surface area contributed by atoms with Gasteiger partial charge in [-0.25, -0.2) is 0 Å². The summed E-state index contributed by atoms with van der Waals surface area (Å²) in [4.78, 5) is 30.7. The Morgan fingerprint density at radius 2 is 1.67 bits per heavy atom. The van der Waals surface area contributed by atoms with Crippen LogP contribution in [0.25, 0.3) is 10.9 Å². The highest BCUT2D eigenvalue weighted by Crippen LogP contribution is 2.21. The van der Waals surface area contributed by atoms with E-state index in [1.165, 1.54) is 0 Å². The molecule has 4 rings (SSSR count). The van der Waals surface area contributed by atoms with Crippen molar-refractivity contribution in [1.29, 1.82) is 0 Å². The van der Waals surface area contributed by atoms with Crippen LogP contribution in [-0.2, 0) is 13.1 Å². The summed E-state index contributed by atoms with van der Waals surface area (Å²) in [5.41, 5.74) is 3.59. The van der Waals surface area contributed by atoms with E-state index in [4.69, 9.17) is 11.6 Å². The minimum absolute atomic E-state index is 0.179. The van der Waals surface area contributed by atoms with Crippen LogP contribution < -0.4 is 5.56 Å². The Labute approximate surface area is 179 Å². The number of aryl methyl sites for hydroxylation is 1. The number of hydrogen-bond donors (Lipinski definition) is 1. The predicted octanol–water partition coefficient (Wildman–Crippen LogP) is 5.33. The molecule has 150 valence electrons. The molecule has 4 aromatic rings. The van der Waals surface area contributed by atoms with E-state index in [1.54, 1.807) is 29.2 Å². The number of nitrogens with zero attached hydrogens (tertiary/aromatic N) is 1. The summed E-state index contributed by atoms with van der Waals surface area (Å²) in [7, 11) is 0. The molecule has 0 radical (unpaired) electrons. The first-order valence-electron chi connectivity index (χ1n) is 9.71. The molecule has 1 heterocycles. The fraction of sp³-hybridized carbons (Fsp3) is 0.120. The highest BCUT2D eigenvalue weighted by atomic mass is 35.5. The number of carbonyl (C=O) groups excluding carboxylic acids is 1. The summed E-state index contributed by atoms with van der Waals surface area (Å²) in [6.45, 7) is 2.53. The van der Waals surface area contributed by atoms with E-state index in [0.29, 0.717) is 22.7 Å². The number of nitrogens with one attached hydrogen (secondary N) is 1.